The molecule has 0 N–H and O–H groups in total. The van der Waals surface area contributed by atoms with Crippen LogP contribution in [-0.4, -0.2) is 48.6 Å². The van der Waals surface area contributed by atoms with Gasteiger partial charge < -0.3 is 4.57 Å². The van der Waals surface area contributed by atoms with Crippen LogP contribution in [-0.2, 0) is 23.1 Å². The van der Waals surface area contributed by atoms with Crippen molar-refractivity contribution in [3.63, 3.8) is 0 Å². The van der Waals surface area contributed by atoms with Crippen molar-refractivity contribution in [3.8, 4) is 34.2 Å². The van der Waals surface area contributed by atoms with Crippen LogP contribution in [0, 0.1) is 0 Å². The Labute approximate surface area is 196 Å². The van der Waals surface area contributed by atoms with Crippen LogP contribution < -0.4 is 0 Å². The van der Waals surface area contributed by atoms with Crippen LogP contribution in [0.5, 0.6) is 0 Å². The van der Waals surface area contributed by atoms with E-state index in [-0.39, 0.29) is 33.6 Å². The molecule has 34 heavy (non-hydrogen) atoms. The minimum absolute atomic E-state index is 0.0705. The molecule has 0 aromatic carbocycles. The Balaban J connectivity index is 1.82. The molecule has 0 amide bonds. The lowest BCUT2D eigenvalue weighted by Crippen LogP contribution is -2.11. The van der Waals surface area contributed by atoms with Crippen LogP contribution in [0.3, 0.4) is 0 Å². The molecule has 0 bridgehead atoms. The van der Waals surface area contributed by atoms with Gasteiger partial charge in [0, 0.05) is 49.2 Å². The maximum atomic E-state index is 12.9. The molecule has 176 valence electrons. The Kier molecular flexibility index (Phi) is 6.08. The summed E-state index contributed by atoms with van der Waals surface area (Å²) in [6.07, 6.45) is 2.92. The minimum atomic E-state index is -4.67. The van der Waals surface area contributed by atoms with E-state index in [0.717, 1.165) is 12.4 Å². The number of sulfone groups is 1. The summed E-state index contributed by atoms with van der Waals surface area (Å²) in [5.74, 6) is -1.04. The Hall–Kier alpha value is -3.45. The summed E-state index contributed by atoms with van der Waals surface area (Å²) >= 11 is 5.82. The van der Waals surface area contributed by atoms with Crippen molar-refractivity contribution in [1.29, 1.82) is 0 Å². The number of alkyl halides is 3. The maximum absolute atomic E-state index is 12.9. The van der Waals surface area contributed by atoms with Gasteiger partial charge in [-0.1, -0.05) is 18.5 Å². The molecule has 0 saturated carbocycles. The van der Waals surface area contributed by atoms with E-state index in [1.807, 2.05) is 0 Å². The minimum Gasteiger partial charge on any atom is -0.326 e. The van der Waals surface area contributed by atoms with E-state index < -0.39 is 21.8 Å². The molecular formula is C20H15ClF3N7O2S. The van der Waals surface area contributed by atoms with E-state index in [2.05, 4.69) is 29.9 Å². The fourth-order valence-corrected chi connectivity index (χ4v) is 4.25. The van der Waals surface area contributed by atoms with Crippen LogP contribution in [0.1, 0.15) is 12.7 Å². The van der Waals surface area contributed by atoms with Gasteiger partial charge in [0.1, 0.15) is 5.69 Å². The second-order valence-corrected chi connectivity index (χ2v) is 9.70. The van der Waals surface area contributed by atoms with Crippen LogP contribution in [0.2, 0.25) is 5.02 Å². The molecule has 0 aliphatic carbocycles. The topological polar surface area (TPSA) is 116 Å². The Bertz CT molecular complexity index is 1460. The lowest BCUT2D eigenvalue weighted by Gasteiger charge is -2.12. The van der Waals surface area contributed by atoms with E-state index in [0.29, 0.717) is 16.3 Å². The van der Waals surface area contributed by atoms with Crippen molar-refractivity contribution in [1.82, 2.24) is 34.5 Å². The van der Waals surface area contributed by atoms with Crippen molar-refractivity contribution < 1.29 is 21.6 Å². The first-order chi connectivity index (χ1) is 16.0. The molecule has 0 saturated heterocycles. The molecule has 14 heteroatoms. The molecule has 0 spiro atoms. The summed E-state index contributed by atoms with van der Waals surface area (Å²) in [4.78, 5) is 23.4. The van der Waals surface area contributed by atoms with Crippen molar-refractivity contribution in [2.24, 2.45) is 7.05 Å². The van der Waals surface area contributed by atoms with Gasteiger partial charge >= 0.3 is 6.18 Å². The molecule has 4 aromatic rings. The lowest BCUT2D eigenvalue weighted by atomic mass is 10.2. The van der Waals surface area contributed by atoms with Gasteiger partial charge in [-0.25, -0.2) is 33.3 Å². The number of aromatic nitrogens is 7. The monoisotopic (exact) mass is 509 g/mol. The van der Waals surface area contributed by atoms with Crippen molar-refractivity contribution >= 4 is 21.4 Å². The molecule has 9 nitrogen and oxygen atoms in total. The molecule has 0 atom stereocenters. The molecule has 0 fully saturated rings. The number of nitrogens with zero attached hydrogens (tertiary/aromatic N) is 7. The van der Waals surface area contributed by atoms with Gasteiger partial charge in [0.25, 0.3) is 0 Å². The van der Waals surface area contributed by atoms with E-state index in [1.165, 1.54) is 42.3 Å². The van der Waals surface area contributed by atoms with E-state index in [9.17, 15) is 21.6 Å². The zero-order valence-corrected chi connectivity index (χ0v) is 19.2. The fraction of sp³-hybridized carbons (Fsp3) is 0.200. The van der Waals surface area contributed by atoms with Crippen LogP contribution in [0.4, 0.5) is 13.2 Å². The van der Waals surface area contributed by atoms with Gasteiger partial charge in [0.2, 0.25) is 5.82 Å². The predicted molar refractivity (Wildman–Crippen MR) is 116 cm³/mol. The third kappa shape index (κ3) is 4.48. The number of pyridine rings is 1. The van der Waals surface area contributed by atoms with Gasteiger partial charge in [0.15, 0.2) is 21.5 Å². The molecule has 0 unspecified atom stereocenters. The molecule has 4 heterocycles. The average molecular weight is 510 g/mol. The average Bonchev–Trinajstić information content (AvgIpc) is 3.19. The quantitative estimate of drug-likeness (QED) is 0.398. The third-order valence-corrected chi connectivity index (χ3v) is 6.78. The second kappa shape index (κ2) is 8.72. The van der Waals surface area contributed by atoms with E-state index in [4.69, 9.17) is 11.6 Å². The predicted octanol–water partition coefficient (Wildman–Crippen LogP) is 3.86. The largest absolute Gasteiger partial charge is 0.451 e. The number of rotatable bonds is 5. The zero-order valence-electron chi connectivity index (χ0n) is 17.6. The smallest absolute Gasteiger partial charge is 0.326 e. The summed E-state index contributed by atoms with van der Waals surface area (Å²) in [5.41, 5.74) is 1.06. The highest BCUT2D eigenvalue weighted by molar-refractivity contribution is 7.91. The van der Waals surface area contributed by atoms with Gasteiger partial charge in [-0.05, 0) is 6.07 Å². The summed E-state index contributed by atoms with van der Waals surface area (Å²) < 4.78 is 65.6. The summed E-state index contributed by atoms with van der Waals surface area (Å²) in [6, 6.07) is 1.40. The number of hydrogen-bond donors (Lipinski definition) is 0. The van der Waals surface area contributed by atoms with Crippen LogP contribution >= 0.6 is 11.6 Å². The van der Waals surface area contributed by atoms with Gasteiger partial charge in [-0.15, -0.1) is 0 Å². The highest BCUT2D eigenvalue weighted by Crippen LogP contribution is 2.32. The second-order valence-electron chi connectivity index (χ2n) is 7.02. The summed E-state index contributed by atoms with van der Waals surface area (Å²) in [5, 5.41) is 0.322. The molecule has 0 aliphatic rings. The molecular weight excluding hydrogens is 495 g/mol. The van der Waals surface area contributed by atoms with Crippen molar-refractivity contribution in [2.75, 3.05) is 5.75 Å². The first-order valence-corrected chi connectivity index (χ1v) is 11.7. The highest BCUT2D eigenvalue weighted by atomic mass is 35.5. The highest BCUT2D eigenvalue weighted by Gasteiger charge is 2.34. The third-order valence-electron chi connectivity index (χ3n) is 4.85. The SMILES string of the molecule is CCS(=O)(=O)c1cc(-c2ncc(Cl)cn2)cnc1-c1ncc(-c2cnc(C(F)(F)F)nc2)n1C. The maximum Gasteiger partial charge on any atom is 0.451 e. The Morgan fingerprint density at radius 3 is 2.12 bits per heavy atom. The number of hydrogen-bond acceptors (Lipinski definition) is 8. The zero-order chi connectivity index (χ0) is 24.7. The first-order valence-electron chi connectivity index (χ1n) is 9.63. The summed E-state index contributed by atoms with van der Waals surface area (Å²) in [7, 11) is -2.18. The normalized spacial score (nSPS) is 12.2. The summed E-state index contributed by atoms with van der Waals surface area (Å²) in [6.45, 7) is 1.49. The van der Waals surface area contributed by atoms with Crippen molar-refractivity contribution in [2.45, 2.75) is 18.0 Å². The van der Waals surface area contributed by atoms with Crippen molar-refractivity contribution in [3.05, 3.63) is 54.1 Å². The molecule has 4 aromatic heterocycles. The first kappa shape index (κ1) is 23.7. The number of halogens is 4. The van der Waals surface area contributed by atoms with Gasteiger partial charge in [-0.2, -0.15) is 13.2 Å². The number of imidazole rings is 1. The van der Waals surface area contributed by atoms with Crippen LogP contribution in [0.25, 0.3) is 34.2 Å². The Morgan fingerprint density at radius 2 is 1.53 bits per heavy atom. The molecule has 0 aliphatic heterocycles. The Morgan fingerprint density at radius 1 is 0.912 bits per heavy atom. The fourth-order valence-electron chi connectivity index (χ4n) is 3.09. The standard InChI is InChI=1S/C20H15ClF3N7O2S/c1-3-34(32,33)15-4-11(17-26-8-13(21)9-27-17)5-25-16(15)18-28-10-14(31(18)2)12-6-29-19(30-7-12)20(22,23)24/h4-10H,3H2,1-2H3. The lowest BCUT2D eigenvalue weighted by molar-refractivity contribution is -0.144. The van der Waals surface area contributed by atoms with Crippen LogP contribution in [0.15, 0.2) is 48.1 Å². The molecule has 4 rings (SSSR count). The van der Waals surface area contributed by atoms with Gasteiger partial charge in [0.05, 0.1) is 27.6 Å². The van der Waals surface area contributed by atoms with E-state index in [1.54, 1.807) is 7.05 Å². The molecule has 0 radical (unpaired) electrons. The van der Waals surface area contributed by atoms with E-state index >= 15 is 0 Å². The van der Waals surface area contributed by atoms with Gasteiger partial charge in [-0.3, -0.25) is 4.98 Å².